The van der Waals surface area contributed by atoms with Gasteiger partial charge >= 0.3 is 5.97 Å². The number of methoxy groups -OCH3 is 1. The van der Waals surface area contributed by atoms with Crippen molar-refractivity contribution in [2.24, 2.45) is 0 Å². The van der Waals surface area contributed by atoms with Crippen molar-refractivity contribution in [1.29, 1.82) is 0 Å². The molecule has 0 radical (unpaired) electrons. The molecular weight excluding hydrogens is 238 g/mol. The minimum absolute atomic E-state index is 0.0743. The van der Waals surface area contributed by atoms with Gasteiger partial charge in [0.25, 0.3) is 0 Å². The first kappa shape index (κ1) is 14.1. The summed E-state index contributed by atoms with van der Waals surface area (Å²) in [5.74, 6) is 0.593. The quantitative estimate of drug-likeness (QED) is 0.681. The Balaban J connectivity index is 2.29. The third kappa shape index (κ3) is 4.52. The minimum Gasteiger partial charge on any atom is -0.469 e. The van der Waals surface area contributed by atoms with Gasteiger partial charge in [-0.15, -0.1) is 0 Å². The fraction of sp³-hybridized carbons (Fsp3) is 0.636. The van der Waals surface area contributed by atoms with Crippen LogP contribution in [0.5, 0.6) is 0 Å². The molecule has 1 aromatic rings. The first-order valence-electron chi connectivity index (χ1n) is 5.63. The Morgan fingerprint density at radius 1 is 1.39 bits per heavy atom. The van der Waals surface area contributed by atoms with Crippen molar-refractivity contribution >= 4 is 11.9 Å². The van der Waals surface area contributed by atoms with Gasteiger partial charge in [0.2, 0.25) is 11.8 Å². The van der Waals surface area contributed by atoms with Crippen LogP contribution in [0.2, 0.25) is 0 Å². The van der Waals surface area contributed by atoms with Crippen LogP contribution in [-0.4, -0.2) is 47.6 Å². The summed E-state index contributed by atoms with van der Waals surface area (Å²) in [5, 5.41) is 3.64. The predicted molar refractivity (Wildman–Crippen MR) is 61.6 cm³/mol. The number of ether oxygens (including phenoxy) is 1. The molecular formula is C11H17N3O4. The van der Waals surface area contributed by atoms with Crippen molar-refractivity contribution in [3.63, 3.8) is 0 Å². The van der Waals surface area contributed by atoms with Crippen LogP contribution >= 0.6 is 0 Å². The molecule has 100 valence electrons. The number of carbonyl (C=O) groups is 2. The maximum atomic E-state index is 11.7. The maximum absolute atomic E-state index is 11.7. The Bertz CT molecular complexity index is 416. The lowest BCUT2D eigenvalue weighted by Gasteiger charge is -2.15. The molecule has 1 aromatic heterocycles. The van der Waals surface area contributed by atoms with Crippen LogP contribution in [0.3, 0.4) is 0 Å². The summed E-state index contributed by atoms with van der Waals surface area (Å²) in [6.07, 6.45) is 0.875. The summed E-state index contributed by atoms with van der Waals surface area (Å²) < 4.78 is 9.41. The lowest BCUT2D eigenvalue weighted by molar-refractivity contribution is -0.141. The fourth-order valence-corrected chi connectivity index (χ4v) is 1.33. The van der Waals surface area contributed by atoms with Gasteiger partial charge < -0.3 is 14.2 Å². The molecule has 7 nitrogen and oxygen atoms in total. The highest BCUT2D eigenvalue weighted by Gasteiger charge is 2.12. The van der Waals surface area contributed by atoms with Crippen LogP contribution in [0.15, 0.2) is 4.52 Å². The molecule has 0 fully saturated rings. The Morgan fingerprint density at radius 3 is 2.67 bits per heavy atom. The van der Waals surface area contributed by atoms with Crippen molar-refractivity contribution in [1.82, 2.24) is 15.0 Å². The smallest absolute Gasteiger partial charge is 0.307 e. The molecule has 0 spiro atoms. The van der Waals surface area contributed by atoms with Gasteiger partial charge in [0.05, 0.1) is 13.5 Å². The summed E-state index contributed by atoms with van der Waals surface area (Å²) in [7, 11) is 2.96. The van der Waals surface area contributed by atoms with Gasteiger partial charge in [-0.2, -0.15) is 4.98 Å². The van der Waals surface area contributed by atoms with E-state index in [-0.39, 0.29) is 24.7 Å². The first-order chi connectivity index (χ1) is 8.52. The molecule has 0 atom stereocenters. The summed E-state index contributed by atoms with van der Waals surface area (Å²) in [4.78, 5) is 28.1. The molecule has 0 aliphatic heterocycles. The summed E-state index contributed by atoms with van der Waals surface area (Å²) in [6, 6.07) is 0. The van der Waals surface area contributed by atoms with E-state index in [1.807, 2.05) is 0 Å². The van der Waals surface area contributed by atoms with Crippen LogP contribution in [-0.2, 0) is 20.7 Å². The van der Waals surface area contributed by atoms with Gasteiger partial charge in [0.1, 0.15) is 0 Å². The van der Waals surface area contributed by atoms with Crippen LogP contribution in [0.1, 0.15) is 24.6 Å². The summed E-state index contributed by atoms with van der Waals surface area (Å²) >= 11 is 0. The largest absolute Gasteiger partial charge is 0.469 e. The number of esters is 1. The van der Waals surface area contributed by atoms with Crippen molar-refractivity contribution in [3.05, 3.63) is 11.7 Å². The van der Waals surface area contributed by atoms with Crippen molar-refractivity contribution in [3.8, 4) is 0 Å². The van der Waals surface area contributed by atoms with Gasteiger partial charge in [-0.05, 0) is 6.92 Å². The molecule has 0 unspecified atom stereocenters. The Hall–Kier alpha value is -1.92. The zero-order valence-electron chi connectivity index (χ0n) is 10.8. The van der Waals surface area contributed by atoms with E-state index >= 15 is 0 Å². The zero-order chi connectivity index (χ0) is 13.5. The molecule has 0 saturated carbocycles. The van der Waals surface area contributed by atoms with Crippen molar-refractivity contribution in [2.75, 3.05) is 20.7 Å². The molecule has 1 rings (SSSR count). The molecule has 0 bridgehead atoms. The normalized spacial score (nSPS) is 10.2. The second-order valence-electron chi connectivity index (χ2n) is 3.88. The molecule has 7 heteroatoms. The highest BCUT2D eigenvalue weighted by molar-refractivity contribution is 5.77. The van der Waals surface area contributed by atoms with Crippen LogP contribution < -0.4 is 0 Å². The monoisotopic (exact) mass is 255 g/mol. The van der Waals surface area contributed by atoms with Gasteiger partial charge in [0, 0.05) is 26.4 Å². The average Bonchev–Trinajstić information content (AvgIpc) is 2.78. The van der Waals surface area contributed by atoms with Gasteiger partial charge in [0.15, 0.2) is 5.82 Å². The average molecular weight is 255 g/mol. The van der Waals surface area contributed by atoms with Crippen LogP contribution in [0.4, 0.5) is 0 Å². The molecule has 1 heterocycles. The Kier molecular flexibility index (Phi) is 5.29. The number of rotatable bonds is 6. The molecule has 0 saturated heterocycles. The lowest BCUT2D eigenvalue weighted by Crippen LogP contribution is -2.29. The van der Waals surface area contributed by atoms with Gasteiger partial charge in [-0.1, -0.05) is 5.16 Å². The topological polar surface area (TPSA) is 85.5 Å². The minimum atomic E-state index is -0.331. The molecule has 0 aliphatic rings. The first-order valence-corrected chi connectivity index (χ1v) is 5.63. The fourth-order valence-electron chi connectivity index (χ4n) is 1.33. The van der Waals surface area contributed by atoms with E-state index in [2.05, 4.69) is 14.9 Å². The molecule has 1 amide bonds. The number of nitrogens with zero attached hydrogens (tertiary/aromatic N) is 3. The highest BCUT2D eigenvalue weighted by Crippen LogP contribution is 2.02. The van der Waals surface area contributed by atoms with Crippen LogP contribution in [0.25, 0.3) is 0 Å². The number of carbonyl (C=O) groups excluding carboxylic acids is 2. The SMILES string of the molecule is COC(=O)CCN(C)C(=O)CCc1nc(C)no1. The zero-order valence-corrected chi connectivity index (χ0v) is 10.8. The number of hydrogen-bond donors (Lipinski definition) is 0. The summed E-state index contributed by atoms with van der Waals surface area (Å²) in [6.45, 7) is 2.06. The molecule has 0 N–H and O–H groups in total. The van der Waals surface area contributed by atoms with E-state index in [0.717, 1.165) is 0 Å². The predicted octanol–water partition coefficient (Wildman–Crippen LogP) is 0.332. The van der Waals surface area contributed by atoms with Crippen molar-refractivity contribution < 1.29 is 18.8 Å². The molecule has 18 heavy (non-hydrogen) atoms. The Labute approximate surface area is 105 Å². The summed E-state index contributed by atoms with van der Waals surface area (Å²) in [5.41, 5.74) is 0. The lowest BCUT2D eigenvalue weighted by atomic mass is 10.2. The third-order valence-corrected chi connectivity index (χ3v) is 2.43. The standard InChI is InChI=1S/C11H17N3O4/c1-8-12-9(18-13-8)4-5-10(15)14(2)7-6-11(16)17-3/h4-7H2,1-3H3. The second kappa shape index (κ2) is 6.73. The van der Waals surface area contributed by atoms with Gasteiger partial charge in [-0.25, -0.2) is 0 Å². The van der Waals surface area contributed by atoms with E-state index in [0.29, 0.717) is 24.7 Å². The van der Waals surface area contributed by atoms with Gasteiger partial charge in [-0.3, -0.25) is 9.59 Å². The highest BCUT2D eigenvalue weighted by atomic mass is 16.5. The maximum Gasteiger partial charge on any atom is 0.307 e. The van der Waals surface area contributed by atoms with E-state index < -0.39 is 0 Å². The van der Waals surface area contributed by atoms with E-state index in [4.69, 9.17) is 4.52 Å². The number of hydrogen-bond acceptors (Lipinski definition) is 6. The molecule has 0 aromatic carbocycles. The number of aromatic nitrogens is 2. The number of amides is 1. The third-order valence-electron chi connectivity index (χ3n) is 2.43. The van der Waals surface area contributed by atoms with Crippen LogP contribution in [0, 0.1) is 6.92 Å². The van der Waals surface area contributed by atoms with E-state index in [1.165, 1.54) is 12.0 Å². The molecule has 0 aliphatic carbocycles. The van der Waals surface area contributed by atoms with E-state index in [9.17, 15) is 9.59 Å². The van der Waals surface area contributed by atoms with E-state index in [1.54, 1.807) is 14.0 Å². The van der Waals surface area contributed by atoms with Crippen molar-refractivity contribution in [2.45, 2.75) is 26.2 Å². The number of aryl methyl sites for hydroxylation is 2. The Morgan fingerprint density at radius 2 is 2.11 bits per heavy atom. The second-order valence-corrected chi connectivity index (χ2v) is 3.88.